The SMILES string of the molecule is C1CNCCN1.O=[N+]([O-])c1ccc(N2CCNCC2)o1. The van der Waals surface area contributed by atoms with Gasteiger partial charge in [-0.1, -0.05) is 0 Å². The van der Waals surface area contributed by atoms with Crippen LogP contribution in [0, 0.1) is 10.1 Å². The number of nitro groups is 1. The minimum absolute atomic E-state index is 0.196. The van der Waals surface area contributed by atoms with Gasteiger partial charge in [0.2, 0.25) is 5.88 Å². The highest BCUT2D eigenvalue weighted by Gasteiger charge is 2.17. The molecular formula is C12H21N5O3. The summed E-state index contributed by atoms with van der Waals surface area (Å²) < 4.78 is 5.08. The summed E-state index contributed by atoms with van der Waals surface area (Å²) in [5.74, 6) is 0.386. The van der Waals surface area contributed by atoms with E-state index in [-0.39, 0.29) is 5.88 Å². The Morgan fingerprint density at radius 3 is 2.00 bits per heavy atom. The Kier molecular flexibility index (Phi) is 5.78. The van der Waals surface area contributed by atoms with E-state index in [0.29, 0.717) is 5.88 Å². The van der Waals surface area contributed by atoms with Crippen molar-refractivity contribution >= 4 is 11.8 Å². The van der Waals surface area contributed by atoms with Crippen molar-refractivity contribution in [2.75, 3.05) is 57.3 Å². The van der Waals surface area contributed by atoms with E-state index in [1.165, 1.54) is 6.07 Å². The van der Waals surface area contributed by atoms with Crippen molar-refractivity contribution < 1.29 is 9.34 Å². The van der Waals surface area contributed by atoms with Crippen LogP contribution >= 0.6 is 0 Å². The summed E-state index contributed by atoms with van der Waals surface area (Å²) in [6.07, 6.45) is 0. The van der Waals surface area contributed by atoms with Crippen LogP contribution in [-0.4, -0.2) is 57.3 Å². The van der Waals surface area contributed by atoms with E-state index < -0.39 is 4.92 Å². The van der Waals surface area contributed by atoms with Gasteiger partial charge in [0.05, 0.1) is 6.07 Å². The first-order valence-corrected chi connectivity index (χ1v) is 6.89. The summed E-state index contributed by atoms with van der Waals surface area (Å²) in [7, 11) is 0. The first-order valence-electron chi connectivity index (χ1n) is 6.89. The molecule has 2 fully saturated rings. The van der Waals surface area contributed by atoms with Crippen LogP contribution in [0.2, 0.25) is 0 Å². The standard InChI is InChI=1S/C8H11N3O3.C4H10N2/c12-11(13)8-2-1-7(14-8)10-5-3-9-4-6-10;1-2-6-4-3-5-1/h1-2,9H,3-6H2;5-6H,1-4H2. The van der Waals surface area contributed by atoms with Gasteiger partial charge in [0, 0.05) is 58.4 Å². The lowest BCUT2D eigenvalue weighted by molar-refractivity contribution is -0.401. The average molecular weight is 283 g/mol. The molecule has 2 saturated heterocycles. The van der Waals surface area contributed by atoms with E-state index in [0.717, 1.165) is 52.4 Å². The second-order valence-corrected chi connectivity index (χ2v) is 4.61. The first-order chi connectivity index (χ1) is 9.77. The summed E-state index contributed by atoms with van der Waals surface area (Å²) in [5, 5.41) is 20.0. The molecule has 0 amide bonds. The number of hydrogen-bond donors (Lipinski definition) is 3. The Hall–Kier alpha value is -1.64. The second-order valence-electron chi connectivity index (χ2n) is 4.61. The lowest BCUT2D eigenvalue weighted by Gasteiger charge is -2.26. The number of piperazine rings is 2. The molecule has 1 aromatic rings. The van der Waals surface area contributed by atoms with Gasteiger partial charge >= 0.3 is 5.88 Å². The molecule has 112 valence electrons. The fourth-order valence-corrected chi connectivity index (χ4v) is 2.07. The van der Waals surface area contributed by atoms with Crippen LogP contribution in [0.25, 0.3) is 0 Å². The molecule has 0 aromatic carbocycles. The van der Waals surface area contributed by atoms with Crippen molar-refractivity contribution in [1.82, 2.24) is 16.0 Å². The van der Waals surface area contributed by atoms with E-state index in [4.69, 9.17) is 4.42 Å². The summed E-state index contributed by atoms with van der Waals surface area (Å²) >= 11 is 0. The third-order valence-electron chi connectivity index (χ3n) is 3.14. The van der Waals surface area contributed by atoms with Gasteiger partial charge in [0.25, 0.3) is 0 Å². The normalized spacial score (nSPS) is 19.1. The minimum Gasteiger partial charge on any atom is -0.384 e. The zero-order chi connectivity index (χ0) is 14.2. The van der Waals surface area contributed by atoms with Crippen LogP contribution in [0.1, 0.15) is 0 Å². The van der Waals surface area contributed by atoms with E-state index in [2.05, 4.69) is 16.0 Å². The predicted molar refractivity (Wildman–Crippen MR) is 76.2 cm³/mol. The van der Waals surface area contributed by atoms with Crippen molar-refractivity contribution in [1.29, 1.82) is 0 Å². The van der Waals surface area contributed by atoms with Gasteiger partial charge in [-0.3, -0.25) is 10.1 Å². The smallest absolute Gasteiger partial charge is 0.384 e. The Labute approximate surface area is 117 Å². The van der Waals surface area contributed by atoms with Gasteiger partial charge < -0.3 is 25.3 Å². The van der Waals surface area contributed by atoms with Gasteiger partial charge in [0.15, 0.2) is 0 Å². The Morgan fingerprint density at radius 2 is 1.55 bits per heavy atom. The maximum atomic E-state index is 10.4. The Balaban J connectivity index is 0.000000205. The molecule has 0 aliphatic carbocycles. The molecule has 2 aliphatic rings. The summed E-state index contributed by atoms with van der Waals surface area (Å²) in [4.78, 5) is 11.8. The zero-order valence-corrected chi connectivity index (χ0v) is 11.4. The highest BCUT2D eigenvalue weighted by atomic mass is 16.6. The lowest BCUT2D eigenvalue weighted by Crippen LogP contribution is -2.43. The number of rotatable bonds is 2. The van der Waals surface area contributed by atoms with Gasteiger partial charge in [-0.15, -0.1) is 0 Å². The molecule has 0 atom stereocenters. The van der Waals surface area contributed by atoms with Crippen molar-refractivity contribution in [3.63, 3.8) is 0 Å². The second kappa shape index (κ2) is 7.83. The molecule has 8 nitrogen and oxygen atoms in total. The fourth-order valence-electron chi connectivity index (χ4n) is 2.07. The van der Waals surface area contributed by atoms with E-state index in [1.54, 1.807) is 6.07 Å². The van der Waals surface area contributed by atoms with Crippen LogP contribution in [0.15, 0.2) is 16.5 Å². The lowest BCUT2D eigenvalue weighted by atomic mass is 10.4. The third kappa shape index (κ3) is 4.48. The van der Waals surface area contributed by atoms with E-state index >= 15 is 0 Å². The molecule has 3 heterocycles. The summed E-state index contributed by atoms with van der Waals surface area (Å²) in [6, 6.07) is 3.03. The quantitative estimate of drug-likeness (QED) is 0.510. The average Bonchev–Trinajstić information content (AvgIpc) is 3.01. The van der Waals surface area contributed by atoms with E-state index in [1.807, 2.05) is 4.90 Å². The van der Waals surface area contributed by atoms with Gasteiger partial charge in [-0.25, -0.2) is 0 Å². The molecule has 20 heavy (non-hydrogen) atoms. The molecule has 8 heteroatoms. The molecule has 1 aromatic heterocycles. The Bertz CT molecular complexity index is 401. The van der Waals surface area contributed by atoms with Gasteiger partial charge in [0.1, 0.15) is 4.92 Å². The monoisotopic (exact) mass is 283 g/mol. The topological polar surface area (TPSA) is 95.6 Å². The Morgan fingerprint density at radius 1 is 1.00 bits per heavy atom. The number of nitrogens with one attached hydrogen (secondary N) is 3. The number of nitrogens with zero attached hydrogens (tertiary/aromatic N) is 2. The number of hydrogen-bond acceptors (Lipinski definition) is 7. The highest BCUT2D eigenvalue weighted by molar-refractivity contribution is 5.40. The summed E-state index contributed by atoms with van der Waals surface area (Å²) in [6.45, 7) is 7.97. The predicted octanol–water partition coefficient (Wildman–Crippen LogP) is -0.223. The van der Waals surface area contributed by atoms with Crippen molar-refractivity contribution in [3.05, 3.63) is 22.2 Å². The molecular weight excluding hydrogens is 262 g/mol. The molecule has 3 rings (SSSR count). The van der Waals surface area contributed by atoms with Crippen LogP contribution in [-0.2, 0) is 0 Å². The van der Waals surface area contributed by atoms with Gasteiger partial charge in [-0.2, -0.15) is 0 Å². The van der Waals surface area contributed by atoms with E-state index in [9.17, 15) is 10.1 Å². The number of anilines is 1. The fraction of sp³-hybridized carbons (Fsp3) is 0.667. The molecule has 3 N–H and O–H groups in total. The minimum atomic E-state index is -0.522. The van der Waals surface area contributed by atoms with Crippen molar-refractivity contribution in [2.45, 2.75) is 0 Å². The molecule has 0 radical (unpaired) electrons. The largest absolute Gasteiger partial charge is 0.434 e. The van der Waals surface area contributed by atoms with Crippen molar-refractivity contribution in [3.8, 4) is 0 Å². The maximum Gasteiger partial charge on any atom is 0.434 e. The molecule has 0 spiro atoms. The maximum absolute atomic E-state index is 10.4. The highest BCUT2D eigenvalue weighted by Crippen LogP contribution is 2.23. The van der Waals surface area contributed by atoms with Crippen molar-refractivity contribution in [2.24, 2.45) is 0 Å². The van der Waals surface area contributed by atoms with Gasteiger partial charge in [-0.05, 0) is 0 Å². The molecule has 2 aliphatic heterocycles. The molecule has 0 bridgehead atoms. The first kappa shape index (κ1) is 14.8. The van der Waals surface area contributed by atoms with Crippen LogP contribution < -0.4 is 20.9 Å². The third-order valence-corrected chi connectivity index (χ3v) is 3.14. The van der Waals surface area contributed by atoms with Crippen LogP contribution in [0.4, 0.5) is 11.8 Å². The molecule has 0 unspecified atom stereocenters. The zero-order valence-electron chi connectivity index (χ0n) is 11.4. The summed E-state index contributed by atoms with van der Waals surface area (Å²) in [5.41, 5.74) is 0. The van der Waals surface area contributed by atoms with Crippen LogP contribution in [0.3, 0.4) is 0 Å². The van der Waals surface area contributed by atoms with Crippen LogP contribution in [0.5, 0.6) is 0 Å². The number of furan rings is 1. The molecule has 0 saturated carbocycles.